The Morgan fingerprint density at radius 1 is 1.40 bits per heavy atom. The van der Waals surface area contributed by atoms with Crippen LogP contribution < -0.4 is 11.3 Å². The third-order valence-corrected chi connectivity index (χ3v) is 2.81. The zero-order valence-electron chi connectivity index (χ0n) is 7.54. The average Bonchev–Trinajstić information content (AvgIpc) is 2.79. The van der Waals surface area contributed by atoms with Crippen LogP contribution in [0.2, 0.25) is 5.22 Å². The summed E-state index contributed by atoms with van der Waals surface area (Å²) in [6.07, 6.45) is 1.56. The van der Waals surface area contributed by atoms with Crippen molar-refractivity contribution in [1.29, 1.82) is 0 Å². The van der Waals surface area contributed by atoms with Crippen molar-refractivity contribution in [2.24, 2.45) is 5.84 Å². The Balaban J connectivity index is 2.36. The molecule has 80 valence electrons. The van der Waals surface area contributed by atoms with Crippen molar-refractivity contribution >= 4 is 27.5 Å². The minimum absolute atomic E-state index is 0.313. The quantitative estimate of drug-likeness (QED) is 0.674. The lowest BCUT2D eigenvalue weighted by molar-refractivity contribution is 0.392. The van der Waals surface area contributed by atoms with Gasteiger partial charge < -0.3 is 8.83 Å². The number of hydrazine groups is 1. The number of nitrogens with one attached hydrogen (secondary N) is 1. The van der Waals surface area contributed by atoms with Crippen molar-refractivity contribution in [1.82, 2.24) is 5.43 Å². The molecule has 3 N–H and O–H groups in total. The topological polar surface area (TPSA) is 64.3 Å². The van der Waals surface area contributed by atoms with E-state index in [0.29, 0.717) is 16.7 Å². The molecule has 4 nitrogen and oxygen atoms in total. The lowest BCUT2D eigenvalue weighted by atomic mass is 10.2. The van der Waals surface area contributed by atoms with E-state index >= 15 is 0 Å². The molecule has 2 aromatic heterocycles. The second-order valence-electron chi connectivity index (χ2n) is 2.87. The Hall–Kier alpha value is -0.750. The van der Waals surface area contributed by atoms with Gasteiger partial charge in [0.2, 0.25) is 0 Å². The van der Waals surface area contributed by atoms with Crippen LogP contribution in [0.4, 0.5) is 0 Å². The van der Waals surface area contributed by atoms with Gasteiger partial charge in [0.25, 0.3) is 0 Å². The van der Waals surface area contributed by atoms with Crippen molar-refractivity contribution in [3.63, 3.8) is 0 Å². The van der Waals surface area contributed by atoms with E-state index in [1.54, 1.807) is 24.5 Å². The van der Waals surface area contributed by atoms with Gasteiger partial charge in [0, 0.05) is 0 Å². The SMILES string of the molecule is NNC(c1ccc(Cl)o1)c1occc1Br. The molecule has 0 bridgehead atoms. The largest absolute Gasteiger partial charge is 0.466 e. The van der Waals surface area contributed by atoms with Gasteiger partial charge in [0.1, 0.15) is 17.6 Å². The molecule has 0 aliphatic heterocycles. The second kappa shape index (κ2) is 4.40. The average molecular weight is 292 g/mol. The summed E-state index contributed by atoms with van der Waals surface area (Å²) in [5, 5.41) is 0.313. The van der Waals surface area contributed by atoms with Crippen molar-refractivity contribution in [2.75, 3.05) is 0 Å². The summed E-state index contributed by atoms with van der Waals surface area (Å²) < 4.78 is 11.4. The highest BCUT2D eigenvalue weighted by atomic mass is 79.9. The molecule has 1 unspecified atom stereocenters. The lowest BCUT2D eigenvalue weighted by Crippen LogP contribution is -2.28. The molecular formula is C9H8BrClN2O2. The summed E-state index contributed by atoms with van der Waals surface area (Å²) >= 11 is 9.03. The Bertz CT molecular complexity index is 454. The van der Waals surface area contributed by atoms with Crippen LogP contribution in [0.5, 0.6) is 0 Å². The summed E-state index contributed by atoms with van der Waals surface area (Å²) in [6.45, 7) is 0. The van der Waals surface area contributed by atoms with Crippen LogP contribution >= 0.6 is 27.5 Å². The first-order valence-electron chi connectivity index (χ1n) is 4.16. The molecule has 1 atom stereocenters. The minimum Gasteiger partial charge on any atom is -0.466 e. The van der Waals surface area contributed by atoms with Gasteiger partial charge in [-0.15, -0.1) is 0 Å². The number of hydrogen-bond donors (Lipinski definition) is 2. The van der Waals surface area contributed by atoms with Gasteiger partial charge in [-0.05, 0) is 45.7 Å². The van der Waals surface area contributed by atoms with Crippen LogP contribution in [0.15, 0.2) is 37.8 Å². The number of furan rings is 2. The van der Waals surface area contributed by atoms with Gasteiger partial charge in [-0.3, -0.25) is 5.84 Å². The third-order valence-electron chi connectivity index (χ3n) is 1.95. The normalized spacial score (nSPS) is 13.0. The molecule has 0 fully saturated rings. The molecule has 0 aromatic carbocycles. The first-order chi connectivity index (χ1) is 7.22. The molecule has 0 saturated carbocycles. The number of halogens is 2. The molecular weight excluding hydrogens is 283 g/mol. The summed E-state index contributed by atoms with van der Waals surface area (Å²) in [5.41, 5.74) is 2.60. The predicted molar refractivity (Wildman–Crippen MR) is 59.3 cm³/mol. The van der Waals surface area contributed by atoms with E-state index in [1.807, 2.05) is 0 Å². The third kappa shape index (κ3) is 2.10. The van der Waals surface area contributed by atoms with E-state index in [2.05, 4.69) is 21.4 Å². The van der Waals surface area contributed by atoms with Crippen molar-refractivity contribution < 1.29 is 8.83 Å². The predicted octanol–water partition coefficient (Wildman–Crippen LogP) is 2.84. The summed E-state index contributed by atoms with van der Waals surface area (Å²) in [5.74, 6) is 6.68. The van der Waals surface area contributed by atoms with Crippen LogP contribution in [0.25, 0.3) is 0 Å². The Kier molecular flexibility index (Phi) is 3.16. The number of hydrogen-bond acceptors (Lipinski definition) is 4. The van der Waals surface area contributed by atoms with E-state index in [-0.39, 0.29) is 6.04 Å². The molecule has 2 heterocycles. The Morgan fingerprint density at radius 3 is 2.67 bits per heavy atom. The Morgan fingerprint density at radius 2 is 2.20 bits per heavy atom. The van der Waals surface area contributed by atoms with Gasteiger partial charge >= 0.3 is 0 Å². The van der Waals surface area contributed by atoms with E-state index in [0.717, 1.165) is 4.47 Å². The maximum absolute atomic E-state index is 5.69. The fraction of sp³-hybridized carbons (Fsp3) is 0.111. The molecule has 0 aliphatic rings. The van der Waals surface area contributed by atoms with Crippen molar-refractivity contribution in [3.05, 3.63) is 45.7 Å². The molecule has 0 radical (unpaired) electrons. The fourth-order valence-corrected chi connectivity index (χ4v) is 1.86. The first-order valence-corrected chi connectivity index (χ1v) is 5.33. The monoisotopic (exact) mass is 290 g/mol. The standard InChI is InChI=1S/C9H8BrClN2O2/c10-5-3-4-14-9(5)8(13-12)6-1-2-7(11)15-6/h1-4,8,13H,12H2. The first kappa shape index (κ1) is 10.8. The van der Waals surface area contributed by atoms with E-state index in [4.69, 9.17) is 26.3 Å². The van der Waals surface area contributed by atoms with Gasteiger partial charge in [-0.25, -0.2) is 5.43 Å². The molecule has 2 aromatic rings. The van der Waals surface area contributed by atoms with Gasteiger partial charge in [0.15, 0.2) is 5.22 Å². The molecule has 2 rings (SSSR count). The zero-order chi connectivity index (χ0) is 10.8. The van der Waals surface area contributed by atoms with Crippen LogP contribution in [-0.2, 0) is 0 Å². The van der Waals surface area contributed by atoms with E-state index in [9.17, 15) is 0 Å². The van der Waals surface area contributed by atoms with E-state index < -0.39 is 0 Å². The Labute approximate surface area is 99.5 Å². The molecule has 0 spiro atoms. The van der Waals surface area contributed by atoms with Gasteiger partial charge in [-0.2, -0.15) is 0 Å². The smallest absolute Gasteiger partial charge is 0.193 e. The van der Waals surface area contributed by atoms with E-state index in [1.165, 1.54) is 0 Å². The molecule has 0 amide bonds. The second-order valence-corrected chi connectivity index (χ2v) is 4.10. The molecule has 6 heteroatoms. The number of nitrogens with two attached hydrogens (primary N) is 1. The minimum atomic E-state index is -0.359. The van der Waals surface area contributed by atoms with Crippen molar-refractivity contribution in [2.45, 2.75) is 6.04 Å². The highest BCUT2D eigenvalue weighted by Crippen LogP contribution is 2.30. The van der Waals surface area contributed by atoms with Gasteiger partial charge in [0.05, 0.1) is 10.7 Å². The highest BCUT2D eigenvalue weighted by Gasteiger charge is 2.21. The van der Waals surface area contributed by atoms with Crippen molar-refractivity contribution in [3.8, 4) is 0 Å². The summed E-state index contributed by atoms with van der Waals surface area (Å²) in [7, 11) is 0. The number of rotatable bonds is 3. The van der Waals surface area contributed by atoms with Crippen LogP contribution in [-0.4, -0.2) is 0 Å². The maximum Gasteiger partial charge on any atom is 0.193 e. The van der Waals surface area contributed by atoms with Crippen LogP contribution in [0.1, 0.15) is 17.6 Å². The molecule has 0 saturated heterocycles. The zero-order valence-corrected chi connectivity index (χ0v) is 9.88. The molecule has 0 aliphatic carbocycles. The maximum atomic E-state index is 5.69. The molecule has 15 heavy (non-hydrogen) atoms. The fourth-order valence-electron chi connectivity index (χ4n) is 1.28. The lowest BCUT2D eigenvalue weighted by Gasteiger charge is -2.10. The highest BCUT2D eigenvalue weighted by molar-refractivity contribution is 9.10. The summed E-state index contributed by atoms with van der Waals surface area (Å²) in [4.78, 5) is 0. The van der Waals surface area contributed by atoms with Gasteiger partial charge in [-0.1, -0.05) is 0 Å². The van der Waals surface area contributed by atoms with Crippen LogP contribution in [0, 0.1) is 0 Å². The van der Waals surface area contributed by atoms with Crippen LogP contribution in [0.3, 0.4) is 0 Å². The summed E-state index contributed by atoms with van der Waals surface area (Å²) in [6, 6.07) is 4.81.